The lowest BCUT2D eigenvalue weighted by molar-refractivity contribution is -0.0650. The van der Waals surface area contributed by atoms with E-state index in [1.807, 2.05) is 0 Å². The standard InChI is InChI=1S/C17H17ClFN5O3/c18-9-3-1-8(2-4-9)11(19)15-13(25)14(26)17(27-15)24-7-22-12-10(24)5-6-21-16(12)23-20/h1-4,6-7,11,13-15,17,25-26H,5,20H2/b23-16+/t11-,13+,14-,15-,17-/m1/s1. The fraction of sp³-hybridized carbons (Fsp3) is 0.353. The highest BCUT2D eigenvalue weighted by Crippen LogP contribution is 2.39. The number of hydrogen-bond donors (Lipinski definition) is 3. The van der Waals surface area contributed by atoms with Crippen molar-refractivity contribution in [1.82, 2.24) is 9.55 Å². The third-order valence-electron chi connectivity index (χ3n) is 4.75. The zero-order valence-corrected chi connectivity index (χ0v) is 14.7. The summed E-state index contributed by atoms with van der Waals surface area (Å²) in [5.41, 5.74) is 1.42. The molecular weight excluding hydrogens is 377 g/mol. The Morgan fingerprint density at radius 2 is 2.04 bits per heavy atom. The van der Waals surface area contributed by atoms with Crippen LogP contribution in [0.2, 0.25) is 5.02 Å². The third-order valence-corrected chi connectivity index (χ3v) is 5.01. The van der Waals surface area contributed by atoms with Gasteiger partial charge in [0.05, 0.1) is 12.0 Å². The second-order valence-corrected chi connectivity index (χ2v) is 6.78. The number of alkyl halides is 1. The van der Waals surface area contributed by atoms with Gasteiger partial charge in [-0.05, 0) is 17.7 Å². The first-order valence-corrected chi connectivity index (χ1v) is 8.66. The van der Waals surface area contributed by atoms with Gasteiger partial charge in [0.25, 0.3) is 0 Å². The van der Waals surface area contributed by atoms with Crippen LogP contribution >= 0.6 is 11.6 Å². The average Bonchev–Trinajstić information content (AvgIpc) is 3.23. The Morgan fingerprint density at radius 3 is 2.74 bits per heavy atom. The van der Waals surface area contributed by atoms with Crippen LogP contribution in [-0.2, 0) is 11.2 Å². The summed E-state index contributed by atoms with van der Waals surface area (Å²) in [6, 6.07) is 6.14. The molecule has 2 aliphatic heterocycles. The number of imidazole rings is 1. The zero-order chi connectivity index (χ0) is 19.1. The largest absolute Gasteiger partial charge is 0.387 e. The normalized spacial score (nSPS) is 29.9. The summed E-state index contributed by atoms with van der Waals surface area (Å²) in [7, 11) is 0. The Labute approximate surface area is 158 Å². The van der Waals surface area contributed by atoms with Gasteiger partial charge in [0.2, 0.25) is 0 Å². The predicted molar refractivity (Wildman–Crippen MR) is 96.4 cm³/mol. The molecule has 4 N–H and O–H groups in total. The van der Waals surface area contributed by atoms with Gasteiger partial charge in [0.15, 0.2) is 18.2 Å². The van der Waals surface area contributed by atoms with Crippen LogP contribution in [0.4, 0.5) is 4.39 Å². The highest BCUT2D eigenvalue weighted by Gasteiger charge is 2.48. The van der Waals surface area contributed by atoms with Crippen molar-refractivity contribution in [3.63, 3.8) is 0 Å². The van der Waals surface area contributed by atoms with Crippen molar-refractivity contribution < 1.29 is 19.3 Å². The van der Waals surface area contributed by atoms with Gasteiger partial charge < -0.3 is 25.4 Å². The van der Waals surface area contributed by atoms with E-state index in [4.69, 9.17) is 22.2 Å². The summed E-state index contributed by atoms with van der Waals surface area (Å²) in [6.07, 6.45) is -3.19. The number of aliphatic imine (C=N–C) groups is 1. The second kappa shape index (κ2) is 7.01. The minimum Gasteiger partial charge on any atom is -0.387 e. The Hall–Kier alpha value is -2.33. The number of halogens is 2. The first-order valence-electron chi connectivity index (χ1n) is 8.29. The molecule has 142 valence electrons. The Kier molecular flexibility index (Phi) is 4.68. The molecule has 0 radical (unpaired) electrons. The quantitative estimate of drug-likeness (QED) is 0.533. The lowest BCUT2D eigenvalue weighted by atomic mass is 10.0. The Bertz CT molecular complexity index is 900. The van der Waals surface area contributed by atoms with Crippen LogP contribution in [0.25, 0.3) is 0 Å². The molecule has 4 rings (SSSR count). The van der Waals surface area contributed by atoms with Crippen LogP contribution in [0, 0.1) is 0 Å². The zero-order valence-electron chi connectivity index (χ0n) is 14.0. The Balaban J connectivity index is 1.62. The van der Waals surface area contributed by atoms with Crippen LogP contribution in [0.15, 0.2) is 40.7 Å². The average molecular weight is 394 g/mol. The summed E-state index contributed by atoms with van der Waals surface area (Å²) in [5.74, 6) is 5.57. The summed E-state index contributed by atoms with van der Waals surface area (Å²) in [4.78, 5) is 8.26. The topological polar surface area (TPSA) is 118 Å². The molecule has 8 nitrogen and oxygen atoms in total. The lowest BCUT2D eigenvalue weighted by Crippen LogP contribution is -2.34. The molecule has 10 heteroatoms. The van der Waals surface area contributed by atoms with Gasteiger partial charge in [0, 0.05) is 17.7 Å². The third kappa shape index (κ3) is 3.02. The lowest BCUT2D eigenvalue weighted by Gasteiger charge is -2.20. The number of benzene rings is 1. The number of aliphatic hydroxyl groups is 2. The van der Waals surface area contributed by atoms with E-state index in [1.165, 1.54) is 18.5 Å². The predicted octanol–water partition coefficient (Wildman–Crippen LogP) is 1.11. The fourth-order valence-corrected chi connectivity index (χ4v) is 3.49. The molecule has 5 atom stereocenters. The van der Waals surface area contributed by atoms with E-state index >= 15 is 0 Å². The van der Waals surface area contributed by atoms with Gasteiger partial charge in [0.1, 0.15) is 24.0 Å². The molecule has 1 saturated heterocycles. The van der Waals surface area contributed by atoms with E-state index in [2.05, 4.69) is 15.1 Å². The molecule has 1 aromatic carbocycles. The van der Waals surface area contributed by atoms with E-state index in [1.54, 1.807) is 22.9 Å². The van der Waals surface area contributed by atoms with Gasteiger partial charge in [-0.3, -0.25) is 0 Å². The van der Waals surface area contributed by atoms with Crippen molar-refractivity contribution in [1.29, 1.82) is 0 Å². The van der Waals surface area contributed by atoms with Crippen LogP contribution in [-0.4, -0.2) is 50.1 Å². The smallest absolute Gasteiger partial charge is 0.198 e. The highest BCUT2D eigenvalue weighted by atomic mass is 35.5. The summed E-state index contributed by atoms with van der Waals surface area (Å²) >= 11 is 5.83. The summed E-state index contributed by atoms with van der Waals surface area (Å²) < 4.78 is 22.2. The highest BCUT2D eigenvalue weighted by molar-refractivity contribution is 6.30. The number of nitrogens with two attached hydrogens (primary N) is 1. The fourth-order valence-electron chi connectivity index (χ4n) is 3.36. The van der Waals surface area contributed by atoms with E-state index in [9.17, 15) is 14.6 Å². The molecule has 2 aliphatic rings. The molecule has 0 bridgehead atoms. The van der Waals surface area contributed by atoms with Crippen LogP contribution < -0.4 is 5.84 Å². The van der Waals surface area contributed by atoms with Crippen molar-refractivity contribution in [2.24, 2.45) is 15.9 Å². The minimum atomic E-state index is -1.64. The molecule has 1 aromatic heterocycles. The van der Waals surface area contributed by atoms with Gasteiger partial charge in [-0.25, -0.2) is 14.4 Å². The maximum Gasteiger partial charge on any atom is 0.198 e. The molecule has 0 spiro atoms. The van der Waals surface area contributed by atoms with Crippen molar-refractivity contribution >= 4 is 23.7 Å². The molecule has 0 amide bonds. The number of fused-ring (bicyclic) bond motifs is 1. The monoisotopic (exact) mass is 393 g/mol. The number of amidine groups is 1. The number of aromatic nitrogens is 2. The number of hydrogen-bond acceptors (Lipinski definition) is 6. The van der Waals surface area contributed by atoms with Crippen molar-refractivity contribution in [3.8, 4) is 0 Å². The molecule has 0 saturated carbocycles. The SMILES string of the molecule is N/N=C1/N=CCc2c1ncn2[C@@H]1O[C@H]([C@H](F)c2ccc(Cl)cc2)[C@@H](O)[C@H]1O. The summed E-state index contributed by atoms with van der Waals surface area (Å²) in [6.45, 7) is 0. The first-order chi connectivity index (χ1) is 13.0. The van der Waals surface area contributed by atoms with Crippen LogP contribution in [0.1, 0.15) is 29.4 Å². The molecule has 0 aliphatic carbocycles. The molecule has 1 fully saturated rings. The number of ether oxygens (including phenoxy) is 1. The number of aliphatic hydroxyl groups excluding tert-OH is 2. The van der Waals surface area contributed by atoms with Crippen LogP contribution in [0.3, 0.4) is 0 Å². The van der Waals surface area contributed by atoms with Crippen molar-refractivity contribution in [3.05, 3.63) is 52.6 Å². The number of nitrogens with zero attached hydrogens (tertiary/aromatic N) is 4. The molecule has 3 heterocycles. The van der Waals surface area contributed by atoms with Crippen LogP contribution in [0.5, 0.6) is 0 Å². The van der Waals surface area contributed by atoms with Gasteiger partial charge in [-0.1, -0.05) is 23.7 Å². The van der Waals surface area contributed by atoms with E-state index in [-0.39, 0.29) is 5.84 Å². The Morgan fingerprint density at radius 1 is 1.30 bits per heavy atom. The van der Waals surface area contributed by atoms with Gasteiger partial charge in [-0.15, -0.1) is 0 Å². The second-order valence-electron chi connectivity index (χ2n) is 6.34. The summed E-state index contributed by atoms with van der Waals surface area (Å²) in [5, 5.41) is 24.9. The minimum absolute atomic E-state index is 0.254. The maximum atomic E-state index is 14.9. The molecular formula is C17H17ClFN5O3. The molecule has 27 heavy (non-hydrogen) atoms. The van der Waals surface area contributed by atoms with E-state index < -0.39 is 30.7 Å². The number of hydrazone groups is 1. The van der Waals surface area contributed by atoms with Gasteiger partial charge >= 0.3 is 0 Å². The number of rotatable bonds is 3. The molecule has 0 unspecified atom stereocenters. The van der Waals surface area contributed by atoms with E-state index in [0.717, 1.165) is 0 Å². The van der Waals surface area contributed by atoms with Crippen molar-refractivity contribution in [2.45, 2.75) is 37.1 Å². The first kappa shape index (κ1) is 18.1. The van der Waals surface area contributed by atoms with E-state index in [0.29, 0.717) is 28.4 Å². The maximum absolute atomic E-state index is 14.9. The molecule has 2 aromatic rings. The van der Waals surface area contributed by atoms with Crippen molar-refractivity contribution in [2.75, 3.05) is 0 Å². The van der Waals surface area contributed by atoms with Gasteiger partial charge in [-0.2, -0.15) is 5.10 Å².